The van der Waals surface area contributed by atoms with E-state index in [4.69, 9.17) is 4.74 Å². The zero-order valence-corrected chi connectivity index (χ0v) is 14.5. The van der Waals surface area contributed by atoms with Crippen LogP contribution in [0.3, 0.4) is 0 Å². The monoisotopic (exact) mass is 381 g/mol. The summed E-state index contributed by atoms with van der Waals surface area (Å²) >= 11 is 3.20. The van der Waals surface area contributed by atoms with Crippen molar-refractivity contribution < 1.29 is 13.9 Å². The van der Waals surface area contributed by atoms with Crippen molar-refractivity contribution in [2.75, 3.05) is 6.61 Å². The molecule has 1 amide bonds. The summed E-state index contributed by atoms with van der Waals surface area (Å²) < 4.78 is 19.7. The fraction of sp³-hybridized carbons (Fsp3) is 0.611. The topological polar surface area (TPSA) is 38.3 Å². The fourth-order valence-corrected chi connectivity index (χ4v) is 5.46. The Balaban J connectivity index is 1.33. The maximum absolute atomic E-state index is 13.7. The number of halogens is 2. The lowest BCUT2D eigenvalue weighted by Crippen LogP contribution is -2.56. The average molecular weight is 382 g/mol. The molecule has 4 aliphatic rings. The Morgan fingerprint density at radius 3 is 2.43 bits per heavy atom. The number of benzene rings is 1. The standard InChI is InChI=1S/C18H21BrFNO2/c19-14-1-2-16(15(20)8-14)23-9-17(22)21-18-12-4-10-3-11(6-12)7-13(18)5-10/h1-2,8,10-13,18H,3-7,9H2,(H,21,22). The molecule has 3 nitrogen and oxygen atoms in total. The highest BCUT2D eigenvalue weighted by Gasteiger charge is 2.48. The Bertz CT molecular complexity index is 593. The van der Waals surface area contributed by atoms with E-state index in [1.807, 2.05) is 0 Å². The van der Waals surface area contributed by atoms with Gasteiger partial charge in [0.1, 0.15) is 0 Å². The van der Waals surface area contributed by atoms with Crippen LogP contribution in [0.15, 0.2) is 22.7 Å². The third-order valence-corrected chi connectivity index (χ3v) is 6.30. The molecule has 4 aliphatic carbocycles. The van der Waals surface area contributed by atoms with Crippen molar-refractivity contribution >= 4 is 21.8 Å². The Kier molecular flexibility index (Phi) is 4.08. The summed E-state index contributed by atoms with van der Waals surface area (Å²) in [6, 6.07) is 4.88. The Morgan fingerprint density at radius 2 is 1.83 bits per heavy atom. The Morgan fingerprint density at radius 1 is 1.17 bits per heavy atom. The number of amides is 1. The summed E-state index contributed by atoms with van der Waals surface area (Å²) in [7, 11) is 0. The van der Waals surface area contributed by atoms with Gasteiger partial charge in [-0.3, -0.25) is 4.79 Å². The number of ether oxygens (including phenoxy) is 1. The lowest BCUT2D eigenvalue weighted by atomic mass is 9.54. The first-order valence-corrected chi connectivity index (χ1v) is 9.25. The molecule has 0 radical (unpaired) electrons. The normalized spacial score (nSPS) is 34.4. The van der Waals surface area contributed by atoms with Gasteiger partial charge >= 0.3 is 0 Å². The number of hydrogen-bond donors (Lipinski definition) is 1. The van der Waals surface area contributed by atoms with Crippen LogP contribution in [0.5, 0.6) is 5.75 Å². The van der Waals surface area contributed by atoms with Crippen LogP contribution in [-0.2, 0) is 4.79 Å². The molecule has 0 saturated heterocycles. The molecule has 0 spiro atoms. The van der Waals surface area contributed by atoms with E-state index in [0.717, 1.165) is 11.8 Å². The van der Waals surface area contributed by atoms with E-state index in [-0.39, 0.29) is 18.3 Å². The zero-order valence-electron chi connectivity index (χ0n) is 12.9. The second-order valence-electron chi connectivity index (χ2n) is 7.39. The summed E-state index contributed by atoms with van der Waals surface area (Å²) in [5, 5.41) is 3.17. The first-order chi connectivity index (χ1) is 11.1. The van der Waals surface area contributed by atoms with Crippen molar-refractivity contribution in [3.8, 4) is 5.75 Å². The summed E-state index contributed by atoms with van der Waals surface area (Å²) in [4.78, 5) is 12.2. The van der Waals surface area contributed by atoms with Crippen molar-refractivity contribution in [2.24, 2.45) is 23.7 Å². The number of hydrogen-bond acceptors (Lipinski definition) is 2. The minimum Gasteiger partial charge on any atom is -0.481 e. The van der Waals surface area contributed by atoms with E-state index >= 15 is 0 Å². The van der Waals surface area contributed by atoms with E-state index in [1.54, 1.807) is 6.07 Å². The van der Waals surface area contributed by atoms with E-state index in [2.05, 4.69) is 21.2 Å². The van der Waals surface area contributed by atoms with E-state index in [9.17, 15) is 9.18 Å². The Hall–Kier alpha value is -1.10. The van der Waals surface area contributed by atoms with Crippen molar-refractivity contribution in [2.45, 2.75) is 38.1 Å². The molecule has 5 heteroatoms. The highest BCUT2D eigenvalue weighted by Crippen LogP contribution is 2.53. The smallest absolute Gasteiger partial charge is 0.258 e. The van der Waals surface area contributed by atoms with Gasteiger partial charge in [0.15, 0.2) is 18.2 Å². The van der Waals surface area contributed by atoms with Crippen molar-refractivity contribution in [1.29, 1.82) is 0 Å². The maximum Gasteiger partial charge on any atom is 0.258 e. The Labute approximate surface area is 144 Å². The molecule has 23 heavy (non-hydrogen) atoms. The van der Waals surface area contributed by atoms with Crippen LogP contribution in [0.25, 0.3) is 0 Å². The van der Waals surface area contributed by atoms with Crippen molar-refractivity contribution in [3.05, 3.63) is 28.5 Å². The summed E-state index contributed by atoms with van der Waals surface area (Å²) in [5.41, 5.74) is 0. The van der Waals surface area contributed by atoms with Gasteiger partial charge in [0, 0.05) is 10.5 Å². The molecule has 4 bridgehead atoms. The maximum atomic E-state index is 13.7. The minimum absolute atomic E-state index is 0.119. The molecule has 5 rings (SSSR count). The fourth-order valence-electron chi connectivity index (χ4n) is 5.12. The molecular formula is C18H21BrFNO2. The van der Waals surface area contributed by atoms with Crippen LogP contribution < -0.4 is 10.1 Å². The molecule has 0 heterocycles. The average Bonchev–Trinajstić information content (AvgIpc) is 2.49. The minimum atomic E-state index is -0.457. The molecule has 1 aromatic carbocycles. The van der Waals surface area contributed by atoms with Gasteiger partial charge in [-0.25, -0.2) is 4.39 Å². The molecule has 0 unspecified atom stereocenters. The second-order valence-corrected chi connectivity index (χ2v) is 8.30. The molecule has 1 N–H and O–H groups in total. The first-order valence-electron chi connectivity index (χ1n) is 8.45. The van der Waals surface area contributed by atoms with Gasteiger partial charge in [-0.05, 0) is 74.0 Å². The largest absolute Gasteiger partial charge is 0.481 e. The molecule has 124 valence electrons. The van der Waals surface area contributed by atoms with Gasteiger partial charge < -0.3 is 10.1 Å². The lowest BCUT2D eigenvalue weighted by molar-refractivity contribution is -0.127. The van der Waals surface area contributed by atoms with Crippen molar-refractivity contribution in [1.82, 2.24) is 5.32 Å². The summed E-state index contributed by atoms with van der Waals surface area (Å²) in [6.45, 7) is -0.124. The third-order valence-electron chi connectivity index (χ3n) is 5.81. The van der Waals surface area contributed by atoms with Crippen LogP contribution in [-0.4, -0.2) is 18.6 Å². The van der Waals surface area contributed by atoms with Gasteiger partial charge in [-0.15, -0.1) is 0 Å². The van der Waals surface area contributed by atoms with Crippen LogP contribution in [0.2, 0.25) is 0 Å². The highest BCUT2D eigenvalue weighted by molar-refractivity contribution is 9.10. The van der Waals surface area contributed by atoms with E-state index in [1.165, 1.54) is 44.2 Å². The number of carbonyl (C=O) groups excluding carboxylic acids is 1. The molecule has 0 aromatic heterocycles. The van der Waals surface area contributed by atoms with Crippen LogP contribution in [0, 0.1) is 29.5 Å². The number of carbonyl (C=O) groups is 1. The zero-order chi connectivity index (χ0) is 16.0. The molecule has 0 aliphatic heterocycles. The van der Waals surface area contributed by atoms with Gasteiger partial charge in [-0.1, -0.05) is 15.9 Å². The van der Waals surface area contributed by atoms with Crippen molar-refractivity contribution in [3.63, 3.8) is 0 Å². The molecule has 1 aromatic rings. The van der Waals surface area contributed by atoms with Gasteiger partial charge in [0.05, 0.1) is 0 Å². The lowest BCUT2D eigenvalue weighted by Gasteiger charge is -2.54. The summed E-state index contributed by atoms with van der Waals surface area (Å²) in [6.07, 6.45) is 6.46. The summed E-state index contributed by atoms with van der Waals surface area (Å²) in [5.74, 6) is 2.58. The van der Waals surface area contributed by atoms with E-state index < -0.39 is 5.82 Å². The third kappa shape index (κ3) is 3.12. The van der Waals surface area contributed by atoms with Crippen LogP contribution in [0.1, 0.15) is 32.1 Å². The number of nitrogens with one attached hydrogen (secondary N) is 1. The highest BCUT2D eigenvalue weighted by atomic mass is 79.9. The van der Waals surface area contributed by atoms with Gasteiger partial charge in [0.25, 0.3) is 5.91 Å². The molecule has 4 saturated carbocycles. The predicted molar refractivity (Wildman–Crippen MR) is 88.6 cm³/mol. The predicted octanol–water partition coefficient (Wildman–Crippen LogP) is 3.91. The number of rotatable bonds is 4. The molecular weight excluding hydrogens is 361 g/mol. The molecule has 4 fully saturated rings. The van der Waals surface area contributed by atoms with Gasteiger partial charge in [-0.2, -0.15) is 0 Å². The first kappa shape index (κ1) is 15.4. The van der Waals surface area contributed by atoms with Gasteiger partial charge in [0.2, 0.25) is 0 Å². The van der Waals surface area contributed by atoms with E-state index in [0.29, 0.717) is 22.4 Å². The second kappa shape index (κ2) is 6.08. The quantitative estimate of drug-likeness (QED) is 0.858. The van der Waals surface area contributed by atoms with Crippen LogP contribution in [0.4, 0.5) is 4.39 Å². The molecule has 0 atom stereocenters. The SMILES string of the molecule is O=C(COc1ccc(Br)cc1F)NC1C2CC3CC(C2)CC1C3. The van der Waals surface area contributed by atoms with Crippen LogP contribution >= 0.6 is 15.9 Å².